The van der Waals surface area contributed by atoms with Crippen molar-refractivity contribution < 1.29 is 14.6 Å². The number of carbonyl (C=O) groups is 1. The Morgan fingerprint density at radius 2 is 1.57 bits per heavy atom. The standard InChI is InChI=1S/C15H21Cl2N5O5.ClH/c1-19(2)10-7-18-15(23)11-3-4-12(20(8-5-16)9-6-17)14(22(26)27)13(11)21(24)25;/h3-4H,5-10H2,1-2H3,(H,18,23);1H. The van der Waals surface area contributed by atoms with E-state index in [1.165, 1.54) is 17.0 Å². The van der Waals surface area contributed by atoms with Crippen molar-refractivity contribution in [1.29, 1.82) is 0 Å². The second-order valence-electron chi connectivity index (χ2n) is 5.77. The van der Waals surface area contributed by atoms with Crippen LogP contribution in [0.5, 0.6) is 0 Å². The first-order valence-corrected chi connectivity index (χ1v) is 9.07. The molecule has 0 saturated carbocycles. The summed E-state index contributed by atoms with van der Waals surface area (Å²) in [4.78, 5) is 37.0. The minimum Gasteiger partial charge on any atom is -0.363 e. The van der Waals surface area contributed by atoms with E-state index in [4.69, 9.17) is 23.2 Å². The molecule has 1 aromatic rings. The van der Waals surface area contributed by atoms with Gasteiger partial charge in [-0.3, -0.25) is 25.0 Å². The quantitative estimate of drug-likeness (QED) is 0.307. The summed E-state index contributed by atoms with van der Waals surface area (Å²) in [6.07, 6.45) is 0. The summed E-state index contributed by atoms with van der Waals surface area (Å²) in [5.41, 5.74) is -1.98. The number of hydrogen-bond donors (Lipinski definition) is 1. The number of nitrogens with one attached hydrogen (secondary N) is 1. The number of alkyl halides is 2. The zero-order chi connectivity index (χ0) is 20.6. The Morgan fingerprint density at radius 3 is 2.00 bits per heavy atom. The molecule has 28 heavy (non-hydrogen) atoms. The fourth-order valence-electron chi connectivity index (χ4n) is 2.42. The smallest absolute Gasteiger partial charge is 0.363 e. The summed E-state index contributed by atoms with van der Waals surface area (Å²) in [6, 6.07) is 2.52. The molecule has 1 amide bonds. The number of likely N-dealkylation sites (N-methyl/N-ethyl adjacent to an activating group) is 1. The van der Waals surface area contributed by atoms with Crippen molar-refractivity contribution in [1.82, 2.24) is 10.2 Å². The predicted octanol–water partition coefficient (Wildman–Crippen LogP) is 2.50. The summed E-state index contributed by atoms with van der Waals surface area (Å²) in [6.45, 7) is 1.17. The van der Waals surface area contributed by atoms with Crippen LogP contribution in [0.3, 0.4) is 0 Å². The van der Waals surface area contributed by atoms with Crippen LogP contribution in [0.4, 0.5) is 17.1 Å². The molecule has 0 bridgehead atoms. The van der Waals surface area contributed by atoms with E-state index in [1.54, 1.807) is 14.1 Å². The molecule has 1 N–H and O–H groups in total. The molecular weight excluding hydrogens is 437 g/mol. The molecule has 0 fully saturated rings. The van der Waals surface area contributed by atoms with Gasteiger partial charge in [-0.2, -0.15) is 0 Å². The van der Waals surface area contributed by atoms with Crippen molar-refractivity contribution in [2.45, 2.75) is 0 Å². The van der Waals surface area contributed by atoms with Gasteiger partial charge in [0.25, 0.3) is 5.91 Å². The summed E-state index contributed by atoms with van der Waals surface area (Å²) in [5.74, 6) is -0.456. The highest BCUT2D eigenvalue weighted by molar-refractivity contribution is 6.18. The monoisotopic (exact) mass is 457 g/mol. The van der Waals surface area contributed by atoms with Gasteiger partial charge >= 0.3 is 11.4 Å². The van der Waals surface area contributed by atoms with Gasteiger partial charge in [0.15, 0.2) is 0 Å². The number of amides is 1. The van der Waals surface area contributed by atoms with Crippen LogP contribution >= 0.6 is 35.6 Å². The van der Waals surface area contributed by atoms with E-state index in [0.29, 0.717) is 6.54 Å². The van der Waals surface area contributed by atoms with E-state index in [1.807, 2.05) is 4.90 Å². The number of hydrogen-bond acceptors (Lipinski definition) is 7. The molecule has 0 aromatic heterocycles. The number of anilines is 1. The highest BCUT2D eigenvalue weighted by Crippen LogP contribution is 2.39. The van der Waals surface area contributed by atoms with Gasteiger partial charge in [-0.05, 0) is 26.2 Å². The van der Waals surface area contributed by atoms with Crippen LogP contribution in [0.15, 0.2) is 12.1 Å². The first-order chi connectivity index (χ1) is 12.7. The van der Waals surface area contributed by atoms with Gasteiger partial charge in [0.2, 0.25) is 0 Å². The molecule has 0 atom stereocenters. The van der Waals surface area contributed by atoms with Crippen LogP contribution < -0.4 is 10.2 Å². The number of rotatable bonds is 11. The Balaban J connectivity index is 0.00000729. The molecule has 1 rings (SSSR count). The largest absolute Gasteiger partial charge is 0.369 e. The Kier molecular flexibility index (Phi) is 11.7. The van der Waals surface area contributed by atoms with Crippen molar-refractivity contribution >= 4 is 58.6 Å². The molecule has 1 aromatic carbocycles. The number of nitro benzene ring substituents is 2. The predicted molar refractivity (Wildman–Crippen MR) is 112 cm³/mol. The lowest BCUT2D eigenvalue weighted by atomic mass is 10.1. The van der Waals surface area contributed by atoms with Crippen LogP contribution in [-0.2, 0) is 0 Å². The number of nitro groups is 2. The van der Waals surface area contributed by atoms with Gasteiger partial charge in [-0.1, -0.05) is 0 Å². The van der Waals surface area contributed by atoms with Crippen LogP contribution in [0, 0.1) is 20.2 Å². The minimum atomic E-state index is -0.915. The SMILES string of the molecule is CN(C)CCNC(=O)c1ccc(N(CCCl)CCCl)c([N+](=O)[O-])c1[N+](=O)[O-].Cl. The van der Waals surface area contributed by atoms with Crippen molar-refractivity contribution in [3.63, 3.8) is 0 Å². The van der Waals surface area contributed by atoms with Crippen molar-refractivity contribution in [2.24, 2.45) is 0 Å². The molecule has 0 spiro atoms. The number of carbonyl (C=O) groups excluding carboxylic acids is 1. The molecule has 158 valence electrons. The van der Waals surface area contributed by atoms with E-state index in [-0.39, 0.29) is 55.1 Å². The zero-order valence-corrected chi connectivity index (χ0v) is 17.7. The van der Waals surface area contributed by atoms with Gasteiger partial charge < -0.3 is 15.1 Å². The molecule has 0 aliphatic heterocycles. The van der Waals surface area contributed by atoms with Gasteiger partial charge in [-0.15, -0.1) is 35.6 Å². The van der Waals surface area contributed by atoms with Crippen molar-refractivity contribution in [3.05, 3.63) is 37.9 Å². The second-order valence-corrected chi connectivity index (χ2v) is 6.52. The lowest BCUT2D eigenvalue weighted by molar-refractivity contribution is -0.422. The first-order valence-electron chi connectivity index (χ1n) is 8.00. The summed E-state index contributed by atoms with van der Waals surface area (Å²) in [5, 5.41) is 25.7. The van der Waals surface area contributed by atoms with Crippen molar-refractivity contribution in [3.8, 4) is 0 Å². The van der Waals surface area contributed by atoms with E-state index in [0.717, 1.165) is 0 Å². The van der Waals surface area contributed by atoms with Gasteiger partial charge in [0.1, 0.15) is 11.3 Å². The van der Waals surface area contributed by atoms with E-state index >= 15 is 0 Å². The van der Waals surface area contributed by atoms with Crippen LogP contribution in [0.25, 0.3) is 0 Å². The van der Waals surface area contributed by atoms with Crippen molar-refractivity contribution in [2.75, 3.05) is 56.9 Å². The summed E-state index contributed by atoms with van der Waals surface area (Å²) in [7, 11) is 3.60. The lowest BCUT2D eigenvalue weighted by Gasteiger charge is -2.22. The van der Waals surface area contributed by atoms with E-state index in [2.05, 4.69) is 5.32 Å². The number of benzene rings is 1. The Morgan fingerprint density at radius 1 is 1.04 bits per heavy atom. The van der Waals surface area contributed by atoms with Crippen LogP contribution in [0.2, 0.25) is 0 Å². The minimum absolute atomic E-state index is 0. The molecule has 0 aliphatic rings. The third-order valence-electron chi connectivity index (χ3n) is 3.63. The molecule has 0 saturated heterocycles. The molecule has 0 radical (unpaired) electrons. The number of nitrogens with zero attached hydrogens (tertiary/aromatic N) is 4. The second kappa shape index (κ2) is 12.6. The lowest BCUT2D eigenvalue weighted by Crippen LogP contribution is -2.32. The molecular formula is C15H22Cl3N5O5. The molecule has 13 heteroatoms. The van der Waals surface area contributed by atoms with E-state index < -0.39 is 27.1 Å². The van der Waals surface area contributed by atoms with Crippen LogP contribution in [-0.4, -0.2) is 72.7 Å². The topological polar surface area (TPSA) is 122 Å². The maximum atomic E-state index is 12.3. The average molecular weight is 459 g/mol. The normalized spacial score (nSPS) is 10.3. The maximum absolute atomic E-state index is 12.3. The Bertz CT molecular complexity index is 699. The van der Waals surface area contributed by atoms with Gasteiger partial charge in [0, 0.05) is 37.9 Å². The van der Waals surface area contributed by atoms with E-state index in [9.17, 15) is 25.0 Å². The maximum Gasteiger partial charge on any atom is 0.369 e. The summed E-state index contributed by atoms with van der Waals surface area (Å²) >= 11 is 11.4. The highest BCUT2D eigenvalue weighted by atomic mass is 35.5. The first kappa shape index (κ1) is 26.1. The molecule has 0 aliphatic carbocycles. The molecule has 0 heterocycles. The summed E-state index contributed by atoms with van der Waals surface area (Å²) < 4.78 is 0. The Labute approximate surface area is 178 Å². The van der Waals surface area contributed by atoms with Crippen LogP contribution in [0.1, 0.15) is 10.4 Å². The number of halogens is 3. The van der Waals surface area contributed by atoms with Gasteiger partial charge in [-0.25, -0.2) is 0 Å². The molecule has 0 unspecified atom stereocenters. The van der Waals surface area contributed by atoms with Gasteiger partial charge in [0.05, 0.1) is 9.85 Å². The third kappa shape index (κ3) is 6.93. The fourth-order valence-corrected chi connectivity index (χ4v) is 2.83. The average Bonchev–Trinajstić information content (AvgIpc) is 2.59. The third-order valence-corrected chi connectivity index (χ3v) is 3.97. The fraction of sp³-hybridized carbons (Fsp3) is 0.533. The zero-order valence-electron chi connectivity index (χ0n) is 15.4. The Hall–Kier alpha value is -1.88. The molecule has 10 nitrogen and oxygen atoms in total. The highest BCUT2D eigenvalue weighted by Gasteiger charge is 2.36.